The summed E-state index contributed by atoms with van der Waals surface area (Å²) < 4.78 is 68.6. The van der Waals surface area contributed by atoms with Crippen LogP contribution in [0.4, 0.5) is 13.2 Å². The maximum atomic E-state index is 14.3. The summed E-state index contributed by atoms with van der Waals surface area (Å²) in [7, 11) is -3.79. The van der Waals surface area contributed by atoms with E-state index in [2.05, 4.69) is 4.98 Å². The zero-order valence-corrected chi connectivity index (χ0v) is 23.7. The van der Waals surface area contributed by atoms with E-state index in [1.165, 1.54) is 36.9 Å². The van der Waals surface area contributed by atoms with Crippen molar-refractivity contribution >= 4 is 49.8 Å². The second kappa shape index (κ2) is 10.5. The van der Waals surface area contributed by atoms with Crippen LogP contribution in [0.2, 0.25) is 10.0 Å². The Bertz CT molecular complexity index is 1750. The first kappa shape index (κ1) is 30.1. The number of hydrogen-bond donors (Lipinski definition) is 2. The van der Waals surface area contributed by atoms with E-state index < -0.39 is 73.3 Å². The van der Waals surface area contributed by atoms with E-state index >= 15 is 0 Å². The number of H-pyrrole nitrogens is 1. The van der Waals surface area contributed by atoms with Gasteiger partial charge in [-0.2, -0.15) is 13.2 Å². The number of halogens is 5. The molecule has 0 radical (unpaired) electrons. The first-order chi connectivity index (χ1) is 18.5. The van der Waals surface area contributed by atoms with Crippen molar-refractivity contribution in [3.8, 4) is 0 Å². The lowest BCUT2D eigenvalue weighted by molar-refractivity contribution is -0.138. The number of carbonyl (C=O) groups is 1. The number of aromatic amines is 1. The summed E-state index contributed by atoms with van der Waals surface area (Å²) in [4.78, 5) is 42.2. The fourth-order valence-electron chi connectivity index (χ4n) is 4.99. The number of amides is 1. The first-order valence-corrected chi connectivity index (χ1v) is 14.5. The Morgan fingerprint density at radius 1 is 1.18 bits per heavy atom. The van der Waals surface area contributed by atoms with Crippen LogP contribution >= 0.6 is 23.2 Å². The van der Waals surface area contributed by atoms with Crippen LogP contribution in [-0.4, -0.2) is 46.6 Å². The van der Waals surface area contributed by atoms with Gasteiger partial charge in [-0.15, -0.1) is 0 Å². The summed E-state index contributed by atoms with van der Waals surface area (Å²) in [5.41, 5.74) is 0.261. The zero-order chi connectivity index (χ0) is 29.8. The van der Waals surface area contributed by atoms with Crippen molar-refractivity contribution < 1.29 is 26.4 Å². The summed E-state index contributed by atoms with van der Waals surface area (Å²) in [6.07, 6.45) is -4.08. The number of benzene rings is 2. The van der Waals surface area contributed by atoms with Crippen molar-refractivity contribution in [2.45, 2.75) is 56.4 Å². The Kier molecular flexibility index (Phi) is 7.91. The fraction of sp³-hybridized carbons (Fsp3) is 0.400. The number of likely N-dealkylation sites (tertiary alicyclic amines) is 1. The number of hydrogen-bond acceptors (Lipinski definition) is 6. The minimum Gasteiger partial charge on any atom is -0.368 e. The number of primary amides is 1. The molecular formula is C25H25Cl2F3N4O5S. The highest BCUT2D eigenvalue weighted by molar-refractivity contribution is 7.91. The number of nitrogens with zero attached hydrogens (tertiary/aromatic N) is 2. The molecule has 3 N–H and O–H groups in total. The van der Waals surface area contributed by atoms with Gasteiger partial charge in [-0.3, -0.25) is 19.1 Å². The lowest BCUT2D eigenvalue weighted by atomic mass is 9.96. The third-order valence-corrected chi connectivity index (χ3v) is 9.84. The molecule has 15 heteroatoms. The maximum absolute atomic E-state index is 14.3. The highest BCUT2D eigenvalue weighted by Crippen LogP contribution is 2.40. The Morgan fingerprint density at radius 3 is 2.45 bits per heavy atom. The number of rotatable bonds is 7. The second-order valence-electron chi connectivity index (χ2n) is 9.78. The SMILES string of the molecule is CCS(=O)(=O)c1ccc(Cl)cc1Cn1c(=O)[nH]c2c(Cl)c(CN3CCC[C@@]3(C)C(N)=O)c(C(F)(F)F)cc2c1=O. The van der Waals surface area contributed by atoms with E-state index in [4.69, 9.17) is 28.9 Å². The number of nitrogens with one attached hydrogen (secondary N) is 1. The van der Waals surface area contributed by atoms with Gasteiger partial charge in [-0.25, -0.2) is 13.2 Å². The third kappa shape index (κ3) is 5.27. The van der Waals surface area contributed by atoms with Gasteiger partial charge in [0.15, 0.2) is 9.84 Å². The van der Waals surface area contributed by atoms with E-state index in [-0.39, 0.29) is 33.3 Å². The second-order valence-corrected chi connectivity index (χ2v) is 12.8. The molecule has 0 bridgehead atoms. The molecule has 0 unspecified atom stereocenters. The maximum Gasteiger partial charge on any atom is 0.416 e. The highest BCUT2D eigenvalue weighted by atomic mass is 35.5. The molecule has 1 amide bonds. The van der Waals surface area contributed by atoms with Crippen molar-refractivity contribution in [1.29, 1.82) is 0 Å². The molecule has 2 heterocycles. The lowest BCUT2D eigenvalue weighted by Crippen LogP contribution is -2.51. The van der Waals surface area contributed by atoms with Crippen LogP contribution in [0.25, 0.3) is 10.9 Å². The molecule has 1 saturated heterocycles. The third-order valence-electron chi connectivity index (χ3n) is 7.36. The van der Waals surface area contributed by atoms with Gasteiger partial charge in [0.05, 0.1) is 44.2 Å². The predicted molar refractivity (Wildman–Crippen MR) is 144 cm³/mol. The van der Waals surface area contributed by atoms with Crippen molar-refractivity contribution in [3.63, 3.8) is 0 Å². The molecule has 40 heavy (non-hydrogen) atoms. The molecule has 4 rings (SSSR count). The zero-order valence-electron chi connectivity index (χ0n) is 21.4. The highest BCUT2D eigenvalue weighted by Gasteiger charge is 2.44. The van der Waals surface area contributed by atoms with Gasteiger partial charge in [-0.1, -0.05) is 30.1 Å². The Hall–Kier alpha value is -2.87. The van der Waals surface area contributed by atoms with Crippen LogP contribution in [-0.2, 0) is 33.9 Å². The molecule has 1 aliphatic rings. The number of carbonyl (C=O) groups excluding carboxylic acids is 1. The minimum absolute atomic E-state index is 0.0137. The van der Waals surface area contributed by atoms with Gasteiger partial charge in [0.1, 0.15) is 0 Å². The Labute approximate surface area is 236 Å². The van der Waals surface area contributed by atoms with Crippen LogP contribution in [0, 0.1) is 0 Å². The molecular weight excluding hydrogens is 596 g/mol. The molecule has 1 fully saturated rings. The van der Waals surface area contributed by atoms with Crippen LogP contribution in [0.1, 0.15) is 43.4 Å². The van der Waals surface area contributed by atoms with E-state index in [9.17, 15) is 36.0 Å². The van der Waals surface area contributed by atoms with Crippen LogP contribution in [0.5, 0.6) is 0 Å². The molecule has 1 aliphatic heterocycles. The topological polar surface area (TPSA) is 135 Å². The summed E-state index contributed by atoms with van der Waals surface area (Å²) in [6.45, 7) is 2.24. The molecule has 0 saturated carbocycles. The Balaban J connectivity index is 1.92. The molecule has 0 spiro atoms. The summed E-state index contributed by atoms with van der Waals surface area (Å²) in [5.74, 6) is -0.971. The molecule has 1 aromatic heterocycles. The van der Waals surface area contributed by atoms with Gasteiger partial charge in [-0.05, 0) is 61.7 Å². The molecule has 3 aromatic rings. The number of aromatic nitrogens is 2. The lowest BCUT2D eigenvalue weighted by Gasteiger charge is -2.33. The summed E-state index contributed by atoms with van der Waals surface area (Å²) >= 11 is 12.5. The standard InChI is InChI=1S/C25H25Cl2F3N4O5S/c1-3-40(38,39)18-6-5-14(26)9-13(18)11-34-21(35)15-10-17(25(28,29)30)16(19(27)20(15)32-23(34)37)12-33-8-4-7-24(33,2)22(31)36/h5-6,9-10H,3-4,7-8,11-12H2,1-2H3,(H2,31,36)(H,32,37)/t24-/m0/s1. The number of fused-ring (bicyclic) bond motifs is 1. The Morgan fingerprint density at radius 2 is 1.85 bits per heavy atom. The van der Waals surface area contributed by atoms with Gasteiger partial charge >= 0.3 is 11.9 Å². The molecule has 9 nitrogen and oxygen atoms in total. The van der Waals surface area contributed by atoms with Gasteiger partial charge in [0, 0.05) is 11.6 Å². The molecule has 0 aliphatic carbocycles. The van der Waals surface area contributed by atoms with Crippen molar-refractivity contribution in [2.24, 2.45) is 5.73 Å². The average Bonchev–Trinajstić information content (AvgIpc) is 3.24. The first-order valence-electron chi connectivity index (χ1n) is 12.1. The smallest absolute Gasteiger partial charge is 0.368 e. The summed E-state index contributed by atoms with van der Waals surface area (Å²) in [5, 5.41) is -0.893. The van der Waals surface area contributed by atoms with Crippen LogP contribution in [0.3, 0.4) is 0 Å². The van der Waals surface area contributed by atoms with E-state index in [1.54, 1.807) is 0 Å². The number of alkyl halides is 3. The van der Waals surface area contributed by atoms with Gasteiger partial charge in [0.2, 0.25) is 5.91 Å². The van der Waals surface area contributed by atoms with E-state index in [1.807, 2.05) is 0 Å². The molecule has 1 atom stereocenters. The van der Waals surface area contributed by atoms with Crippen LogP contribution < -0.4 is 17.0 Å². The van der Waals surface area contributed by atoms with Crippen LogP contribution in [0.15, 0.2) is 38.8 Å². The monoisotopic (exact) mass is 620 g/mol. The normalized spacial score (nSPS) is 18.5. The minimum atomic E-state index is -4.95. The molecule has 2 aromatic carbocycles. The van der Waals surface area contributed by atoms with Crippen molar-refractivity contribution in [3.05, 3.63) is 71.8 Å². The van der Waals surface area contributed by atoms with E-state index in [0.29, 0.717) is 23.5 Å². The average molecular weight is 621 g/mol. The van der Waals surface area contributed by atoms with E-state index in [0.717, 1.165) is 0 Å². The number of nitrogens with two attached hydrogens (primary N) is 1. The predicted octanol–water partition coefficient (Wildman–Crippen LogP) is 3.70. The largest absolute Gasteiger partial charge is 0.416 e. The summed E-state index contributed by atoms with van der Waals surface area (Å²) in [6, 6.07) is 4.44. The molecule has 216 valence electrons. The van der Waals surface area contributed by atoms with Crippen molar-refractivity contribution in [1.82, 2.24) is 14.5 Å². The number of sulfone groups is 1. The van der Waals surface area contributed by atoms with Crippen molar-refractivity contribution in [2.75, 3.05) is 12.3 Å². The fourth-order valence-corrected chi connectivity index (χ4v) is 6.60. The van der Waals surface area contributed by atoms with Gasteiger partial charge in [0.25, 0.3) is 5.56 Å². The van der Waals surface area contributed by atoms with Gasteiger partial charge < -0.3 is 10.7 Å². The quantitative estimate of drug-likeness (QED) is 0.413.